The molecule has 106 valence electrons. The predicted octanol–water partition coefficient (Wildman–Crippen LogP) is 1.76. The number of amides is 1. The first kappa shape index (κ1) is 14.6. The van der Waals surface area contributed by atoms with Gasteiger partial charge in [-0.15, -0.1) is 0 Å². The number of phenolic OH excluding ortho intramolecular Hbond substituents is 1. The molecule has 1 aliphatic rings. The van der Waals surface area contributed by atoms with Crippen molar-refractivity contribution in [3.63, 3.8) is 0 Å². The van der Waals surface area contributed by atoms with E-state index in [1.54, 1.807) is 0 Å². The van der Waals surface area contributed by atoms with Crippen LogP contribution < -0.4 is 5.32 Å². The van der Waals surface area contributed by atoms with Gasteiger partial charge in [-0.2, -0.15) is 5.26 Å². The van der Waals surface area contributed by atoms with Crippen LogP contribution in [0.3, 0.4) is 0 Å². The number of phenols is 1. The molecular formula is C14H16ClN3O2. The van der Waals surface area contributed by atoms with Crippen LogP contribution in [0.5, 0.6) is 5.75 Å². The molecule has 0 atom stereocenters. The minimum atomic E-state index is -0.863. The Morgan fingerprint density at radius 2 is 2.15 bits per heavy atom. The number of piperidine rings is 1. The number of carbonyl (C=O) groups is 1. The number of likely N-dealkylation sites (tertiary alicyclic amines) is 1. The summed E-state index contributed by atoms with van der Waals surface area (Å²) < 4.78 is 0. The molecule has 1 fully saturated rings. The molecule has 1 aromatic carbocycles. The molecule has 0 aliphatic carbocycles. The van der Waals surface area contributed by atoms with Crippen LogP contribution in [0.25, 0.3) is 0 Å². The Labute approximate surface area is 122 Å². The van der Waals surface area contributed by atoms with Crippen LogP contribution in [0, 0.1) is 11.3 Å². The molecule has 5 nitrogen and oxygen atoms in total. The zero-order valence-electron chi connectivity index (χ0n) is 11.2. The molecule has 20 heavy (non-hydrogen) atoms. The maximum Gasteiger partial charge on any atom is 0.254 e. The van der Waals surface area contributed by atoms with Crippen molar-refractivity contribution in [2.45, 2.75) is 18.4 Å². The van der Waals surface area contributed by atoms with Gasteiger partial charge in [0.2, 0.25) is 0 Å². The van der Waals surface area contributed by atoms with E-state index in [9.17, 15) is 15.2 Å². The number of nitrogens with one attached hydrogen (secondary N) is 1. The lowest BCUT2D eigenvalue weighted by atomic mass is 9.89. The van der Waals surface area contributed by atoms with E-state index >= 15 is 0 Å². The molecule has 0 spiro atoms. The predicted molar refractivity (Wildman–Crippen MR) is 75.7 cm³/mol. The summed E-state index contributed by atoms with van der Waals surface area (Å²) >= 11 is 5.96. The van der Waals surface area contributed by atoms with Gasteiger partial charge < -0.3 is 15.3 Å². The number of carbonyl (C=O) groups excluding carboxylic acids is 1. The van der Waals surface area contributed by atoms with Crippen molar-refractivity contribution in [3.8, 4) is 11.8 Å². The average molecular weight is 294 g/mol. The maximum atomic E-state index is 12.3. The molecule has 0 radical (unpaired) electrons. The molecule has 2 rings (SSSR count). The Morgan fingerprint density at radius 3 is 2.75 bits per heavy atom. The smallest absolute Gasteiger partial charge is 0.254 e. The molecule has 2 N–H and O–H groups in total. The molecule has 0 unspecified atom stereocenters. The summed E-state index contributed by atoms with van der Waals surface area (Å²) in [6, 6.07) is 6.38. The number of rotatable bonds is 2. The molecule has 0 aromatic heterocycles. The number of halogens is 1. The molecule has 1 aromatic rings. The minimum absolute atomic E-state index is 0.0334. The fraction of sp³-hybridized carbons (Fsp3) is 0.429. The summed E-state index contributed by atoms with van der Waals surface area (Å²) in [7, 11) is 1.98. The standard InChI is InChI=1S/C14H16ClN3O2/c1-18-6-4-14(9-16,5-7-18)17-13(20)11-8-10(19)2-3-12(11)15/h2-3,8,19H,4-7H2,1H3,(H,17,20). The van der Waals surface area contributed by atoms with Crippen molar-refractivity contribution in [2.24, 2.45) is 0 Å². The van der Waals surface area contributed by atoms with Crippen molar-refractivity contribution < 1.29 is 9.90 Å². The minimum Gasteiger partial charge on any atom is -0.508 e. The number of hydrogen-bond acceptors (Lipinski definition) is 4. The first-order chi connectivity index (χ1) is 9.46. The second-order valence-electron chi connectivity index (χ2n) is 5.12. The van der Waals surface area contributed by atoms with E-state index in [-0.39, 0.29) is 16.3 Å². The Hall–Kier alpha value is -1.77. The first-order valence-electron chi connectivity index (χ1n) is 6.37. The normalized spacial score (nSPS) is 18.2. The highest BCUT2D eigenvalue weighted by Gasteiger charge is 2.35. The summed E-state index contributed by atoms with van der Waals surface area (Å²) in [5.41, 5.74) is -0.682. The highest BCUT2D eigenvalue weighted by molar-refractivity contribution is 6.33. The Balaban J connectivity index is 2.18. The van der Waals surface area contributed by atoms with Crippen LogP contribution in [-0.2, 0) is 0 Å². The van der Waals surface area contributed by atoms with Crippen LogP contribution in [0.1, 0.15) is 23.2 Å². The quantitative estimate of drug-likeness (QED) is 0.871. The summed E-state index contributed by atoms with van der Waals surface area (Å²) in [4.78, 5) is 14.4. The third-order valence-electron chi connectivity index (χ3n) is 3.60. The number of aromatic hydroxyl groups is 1. The van der Waals surface area contributed by atoms with E-state index < -0.39 is 11.4 Å². The van der Waals surface area contributed by atoms with Gasteiger partial charge in [0.15, 0.2) is 0 Å². The molecule has 1 aliphatic heterocycles. The van der Waals surface area contributed by atoms with Gasteiger partial charge in [-0.05, 0) is 38.1 Å². The van der Waals surface area contributed by atoms with Crippen LogP contribution in [0.4, 0.5) is 0 Å². The molecule has 1 heterocycles. The second kappa shape index (κ2) is 5.70. The summed E-state index contributed by atoms with van der Waals surface area (Å²) in [6.07, 6.45) is 1.14. The van der Waals surface area contributed by atoms with Gasteiger partial charge in [0.25, 0.3) is 5.91 Å². The second-order valence-corrected chi connectivity index (χ2v) is 5.52. The molecule has 6 heteroatoms. The van der Waals surface area contributed by atoms with E-state index in [1.807, 2.05) is 7.05 Å². The third kappa shape index (κ3) is 3.03. The van der Waals surface area contributed by atoms with Gasteiger partial charge in [0, 0.05) is 13.1 Å². The SMILES string of the molecule is CN1CCC(C#N)(NC(=O)c2cc(O)ccc2Cl)CC1. The molecule has 0 bridgehead atoms. The molecule has 0 saturated carbocycles. The van der Waals surface area contributed by atoms with Crippen LogP contribution in [0.2, 0.25) is 5.02 Å². The van der Waals surface area contributed by atoms with Crippen molar-refractivity contribution >= 4 is 17.5 Å². The first-order valence-corrected chi connectivity index (χ1v) is 6.74. The Kier molecular flexibility index (Phi) is 4.17. The van der Waals surface area contributed by atoms with Gasteiger partial charge in [0.05, 0.1) is 16.7 Å². The zero-order valence-corrected chi connectivity index (χ0v) is 11.9. The van der Waals surface area contributed by atoms with E-state index in [1.165, 1.54) is 18.2 Å². The van der Waals surface area contributed by atoms with Gasteiger partial charge in [0.1, 0.15) is 11.3 Å². The van der Waals surface area contributed by atoms with E-state index in [4.69, 9.17) is 11.6 Å². The van der Waals surface area contributed by atoms with Crippen molar-refractivity contribution in [3.05, 3.63) is 28.8 Å². The van der Waals surface area contributed by atoms with E-state index in [0.29, 0.717) is 12.8 Å². The monoisotopic (exact) mass is 293 g/mol. The Bertz CT molecular complexity index is 560. The molecule has 1 amide bonds. The summed E-state index contributed by atoms with van der Waals surface area (Å²) in [5.74, 6) is -0.467. The topological polar surface area (TPSA) is 76.4 Å². The van der Waals surface area contributed by atoms with Gasteiger partial charge >= 0.3 is 0 Å². The number of nitriles is 1. The Morgan fingerprint density at radius 1 is 1.50 bits per heavy atom. The van der Waals surface area contributed by atoms with Crippen LogP contribution in [0.15, 0.2) is 18.2 Å². The van der Waals surface area contributed by atoms with Gasteiger partial charge in [-0.3, -0.25) is 4.79 Å². The number of nitrogens with zero attached hydrogens (tertiary/aromatic N) is 2. The van der Waals surface area contributed by atoms with Crippen LogP contribution in [-0.4, -0.2) is 41.6 Å². The number of hydrogen-bond donors (Lipinski definition) is 2. The lowest BCUT2D eigenvalue weighted by Gasteiger charge is -2.36. The maximum absolute atomic E-state index is 12.3. The van der Waals surface area contributed by atoms with Gasteiger partial charge in [-0.25, -0.2) is 0 Å². The van der Waals surface area contributed by atoms with Gasteiger partial charge in [-0.1, -0.05) is 11.6 Å². The fourth-order valence-electron chi connectivity index (χ4n) is 2.24. The highest BCUT2D eigenvalue weighted by atomic mass is 35.5. The largest absolute Gasteiger partial charge is 0.508 e. The zero-order chi connectivity index (χ0) is 14.8. The van der Waals surface area contributed by atoms with E-state index in [2.05, 4.69) is 16.3 Å². The van der Waals surface area contributed by atoms with Crippen molar-refractivity contribution in [2.75, 3.05) is 20.1 Å². The lowest BCUT2D eigenvalue weighted by molar-refractivity contribution is 0.0881. The van der Waals surface area contributed by atoms with Crippen molar-refractivity contribution in [1.82, 2.24) is 10.2 Å². The highest BCUT2D eigenvalue weighted by Crippen LogP contribution is 2.25. The molecule has 1 saturated heterocycles. The summed E-state index contributed by atoms with van der Waals surface area (Å²) in [5, 5.41) is 21.8. The fourth-order valence-corrected chi connectivity index (χ4v) is 2.44. The van der Waals surface area contributed by atoms with Crippen molar-refractivity contribution in [1.29, 1.82) is 5.26 Å². The summed E-state index contributed by atoms with van der Waals surface area (Å²) in [6.45, 7) is 1.50. The average Bonchev–Trinajstić information content (AvgIpc) is 2.44. The van der Waals surface area contributed by atoms with Crippen LogP contribution >= 0.6 is 11.6 Å². The number of benzene rings is 1. The third-order valence-corrected chi connectivity index (χ3v) is 3.93. The molecular weight excluding hydrogens is 278 g/mol. The lowest BCUT2D eigenvalue weighted by Crippen LogP contribution is -2.53. The van der Waals surface area contributed by atoms with E-state index in [0.717, 1.165) is 13.1 Å².